The Labute approximate surface area is 171 Å². The topological polar surface area (TPSA) is 48.5 Å². The maximum Gasteiger partial charge on any atom is 0.270 e. The molecule has 1 aliphatic carbocycles. The van der Waals surface area contributed by atoms with Crippen molar-refractivity contribution in [2.45, 2.75) is 38.1 Å². The number of piperazine rings is 1. The van der Waals surface area contributed by atoms with Gasteiger partial charge in [0, 0.05) is 54.8 Å². The maximum atomic E-state index is 12.6. The van der Waals surface area contributed by atoms with Crippen molar-refractivity contribution in [3.63, 3.8) is 0 Å². The Morgan fingerprint density at radius 2 is 1.64 bits per heavy atom. The van der Waals surface area contributed by atoms with Gasteiger partial charge in [-0.1, -0.05) is 36.9 Å². The molecule has 2 aliphatic rings. The zero-order chi connectivity index (χ0) is 19.3. The normalized spacial score (nSPS) is 18.2. The van der Waals surface area contributed by atoms with Crippen LogP contribution in [0.1, 0.15) is 42.6 Å². The minimum atomic E-state index is -0.0497. The molecule has 0 spiro atoms. The Bertz CT molecular complexity index is 814. The number of hydrogen-bond donors (Lipinski definition) is 1. The van der Waals surface area contributed by atoms with E-state index in [0.717, 1.165) is 55.4 Å². The average Bonchev–Trinajstić information content (AvgIpc) is 2.75. The third-order valence-electron chi connectivity index (χ3n) is 5.73. The van der Waals surface area contributed by atoms with E-state index in [-0.39, 0.29) is 5.91 Å². The second kappa shape index (κ2) is 8.82. The lowest BCUT2D eigenvalue weighted by molar-refractivity contribution is 0.0922. The van der Waals surface area contributed by atoms with E-state index >= 15 is 0 Å². The van der Waals surface area contributed by atoms with Gasteiger partial charge >= 0.3 is 0 Å². The Morgan fingerprint density at radius 1 is 0.964 bits per heavy atom. The number of nitrogens with zero attached hydrogens (tertiary/aromatic N) is 3. The van der Waals surface area contributed by atoms with E-state index < -0.39 is 0 Å². The number of pyridine rings is 1. The van der Waals surface area contributed by atoms with E-state index in [1.165, 1.54) is 19.3 Å². The van der Waals surface area contributed by atoms with Crippen LogP contribution in [0, 0.1) is 0 Å². The first kappa shape index (κ1) is 19.1. The highest BCUT2D eigenvalue weighted by Crippen LogP contribution is 2.23. The second-order valence-electron chi connectivity index (χ2n) is 7.66. The molecular weight excluding hydrogens is 372 g/mol. The predicted molar refractivity (Wildman–Crippen MR) is 114 cm³/mol. The number of anilines is 2. The van der Waals surface area contributed by atoms with Crippen molar-refractivity contribution in [3.8, 4) is 0 Å². The van der Waals surface area contributed by atoms with Crippen LogP contribution in [0.5, 0.6) is 0 Å². The summed E-state index contributed by atoms with van der Waals surface area (Å²) in [6.07, 6.45) is 7.59. The number of halogens is 1. The standard InChI is InChI=1S/C22H27ClN4O/c23-17-5-4-8-19(15-17)26-11-13-27(14-12-26)20-9-10-24-21(16-20)22(28)25-18-6-2-1-3-7-18/h4-5,8-10,15-16,18H,1-3,6-7,11-14H2,(H,25,28). The van der Waals surface area contributed by atoms with Crippen LogP contribution in [0.4, 0.5) is 11.4 Å². The highest BCUT2D eigenvalue weighted by Gasteiger charge is 2.21. The molecule has 28 heavy (non-hydrogen) atoms. The van der Waals surface area contributed by atoms with E-state index in [1.807, 2.05) is 30.3 Å². The zero-order valence-corrected chi connectivity index (χ0v) is 16.9. The van der Waals surface area contributed by atoms with Crippen LogP contribution >= 0.6 is 11.6 Å². The van der Waals surface area contributed by atoms with Crippen LogP contribution < -0.4 is 15.1 Å². The summed E-state index contributed by atoms with van der Waals surface area (Å²) in [6, 6.07) is 12.2. The van der Waals surface area contributed by atoms with Crippen molar-refractivity contribution in [2.75, 3.05) is 36.0 Å². The molecule has 2 fully saturated rings. The van der Waals surface area contributed by atoms with Gasteiger partial charge in [0.2, 0.25) is 0 Å². The molecule has 1 amide bonds. The molecule has 1 saturated heterocycles. The minimum Gasteiger partial charge on any atom is -0.368 e. The summed E-state index contributed by atoms with van der Waals surface area (Å²) in [5.41, 5.74) is 2.74. The number of rotatable bonds is 4. The zero-order valence-electron chi connectivity index (χ0n) is 16.1. The number of benzene rings is 1. The summed E-state index contributed by atoms with van der Waals surface area (Å²) in [6.45, 7) is 3.65. The number of aromatic nitrogens is 1. The van der Waals surface area contributed by atoms with Crippen LogP contribution in [-0.2, 0) is 0 Å². The third kappa shape index (κ3) is 4.58. The second-order valence-corrected chi connectivity index (χ2v) is 8.10. The summed E-state index contributed by atoms with van der Waals surface area (Å²) >= 11 is 6.12. The van der Waals surface area contributed by atoms with Gasteiger partial charge in [0.05, 0.1) is 0 Å². The minimum absolute atomic E-state index is 0.0497. The first-order valence-electron chi connectivity index (χ1n) is 10.2. The lowest BCUT2D eigenvalue weighted by Gasteiger charge is -2.37. The van der Waals surface area contributed by atoms with Crippen LogP contribution in [0.25, 0.3) is 0 Å². The summed E-state index contributed by atoms with van der Waals surface area (Å²) in [4.78, 5) is 21.6. The van der Waals surface area contributed by atoms with Gasteiger partial charge in [-0.2, -0.15) is 0 Å². The van der Waals surface area contributed by atoms with Gasteiger partial charge in [0.15, 0.2) is 0 Å². The summed E-state index contributed by atoms with van der Waals surface area (Å²) < 4.78 is 0. The molecule has 0 atom stereocenters. The highest BCUT2D eigenvalue weighted by atomic mass is 35.5. The lowest BCUT2D eigenvalue weighted by Crippen LogP contribution is -2.46. The molecule has 5 nitrogen and oxygen atoms in total. The van der Waals surface area contributed by atoms with E-state index in [0.29, 0.717) is 11.7 Å². The molecule has 6 heteroatoms. The van der Waals surface area contributed by atoms with Gasteiger partial charge in [-0.15, -0.1) is 0 Å². The van der Waals surface area contributed by atoms with Crippen molar-refractivity contribution < 1.29 is 4.79 Å². The molecule has 1 aromatic heterocycles. The molecule has 1 aromatic carbocycles. The van der Waals surface area contributed by atoms with Gasteiger partial charge in [-0.3, -0.25) is 9.78 Å². The molecule has 4 rings (SSSR count). The fourth-order valence-corrected chi connectivity index (χ4v) is 4.33. The number of carbonyl (C=O) groups excluding carboxylic acids is 1. The molecule has 1 saturated carbocycles. The first-order valence-corrected chi connectivity index (χ1v) is 10.6. The quantitative estimate of drug-likeness (QED) is 0.841. The van der Waals surface area contributed by atoms with Crippen molar-refractivity contribution in [1.29, 1.82) is 0 Å². The van der Waals surface area contributed by atoms with Gasteiger partial charge in [0.1, 0.15) is 5.69 Å². The van der Waals surface area contributed by atoms with E-state index in [4.69, 9.17) is 11.6 Å². The first-order chi connectivity index (χ1) is 13.7. The van der Waals surface area contributed by atoms with Crippen LogP contribution in [0.3, 0.4) is 0 Å². The molecular formula is C22H27ClN4O. The number of nitrogens with one attached hydrogen (secondary N) is 1. The van der Waals surface area contributed by atoms with Crippen molar-refractivity contribution in [1.82, 2.24) is 10.3 Å². The molecule has 148 valence electrons. The Balaban J connectivity index is 1.37. The summed E-state index contributed by atoms with van der Waals surface area (Å²) in [5.74, 6) is -0.0497. The lowest BCUT2D eigenvalue weighted by atomic mass is 9.95. The Hall–Kier alpha value is -2.27. The van der Waals surface area contributed by atoms with E-state index in [9.17, 15) is 4.79 Å². The molecule has 0 bridgehead atoms. The largest absolute Gasteiger partial charge is 0.368 e. The fourth-order valence-electron chi connectivity index (χ4n) is 4.14. The monoisotopic (exact) mass is 398 g/mol. The van der Waals surface area contributed by atoms with Gasteiger partial charge in [-0.05, 0) is 43.2 Å². The average molecular weight is 399 g/mol. The molecule has 0 unspecified atom stereocenters. The van der Waals surface area contributed by atoms with Crippen LogP contribution in [0.2, 0.25) is 5.02 Å². The number of hydrogen-bond acceptors (Lipinski definition) is 4. The van der Waals surface area contributed by atoms with Gasteiger partial charge in [0.25, 0.3) is 5.91 Å². The molecule has 0 radical (unpaired) electrons. The maximum absolute atomic E-state index is 12.6. The Kier molecular flexibility index (Phi) is 6.01. The van der Waals surface area contributed by atoms with Gasteiger partial charge in [-0.25, -0.2) is 0 Å². The number of carbonyl (C=O) groups is 1. The van der Waals surface area contributed by atoms with Gasteiger partial charge < -0.3 is 15.1 Å². The molecule has 1 aliphatic heterocycles. The smallest absolute Gasteiger partial charge is 0.270 e. The highest BCUT2D eigenvalue weighted by molar-refractivity contribution is 6.30. The third-order valence-corrected chi connectivity index (χ3v) is 5.97. The fraction of sp³-hybridized carbons (Fsp3) is 0.455. The molecule has 2 heterocycles. The van der Waals surface area contributed by atoms with Crippen molar-refractivity contribution in [3.05, 3.63) is 53.3 Å². The number of amides is 1. The predicted octanol–water partition coefficient (Wildman–Crippen LogP) is 4.12. The SMILES string of the molecule is O=C(NC1CCCCC1)c1cc(N2CCN(c3cccc(Cl)c3)CC2)ccn1. The van der Waals surface area contributed by atoms with Crippen molar-refractivity contribution in [2.24, 2.45) is 0 Å². The van der Waals surface area contributed by atoms with Crippen molar-refractivity contribution >= 4 is 28.9 Å². The summed E-state index contributed by atoms with van der Waals surface area (Å²) in [7, 11) is 0. The molecule has 1 N–H and O–H groups in total. The van der Waals surface area contributed by atoms with E-state index in [1.54, 1.807) is 6.20 Å². The Morgan fingerprint density at radius 3 is 2.32 bits per heavy atom. The van der Waals surface area contributed by atoms with E-state index in [2.05, 4.69) is 26.2 Å². The molecule has 2 aromatic rings. The van der Waals surface area contributed by atoms with Crippen LogP contribution in [-0.4, -0.2) is 43.1 Å². The van der Waals surface area contributed by atoms with Crippen LogP contribution in [0.15, 0.2) is 42.6 Å². The summed E-state index contributed by atoms with van der Waals surface area (Å²) in [5, 5.41) is 3.92.